The third-order valence-electron chi connectivity index (χ3n) is 5.02. The molecule has 0 atom stereocenters. The number of benzene rings is 2. The summed E-state index contributed by atoms with van der Waals surface area (Å²) in [6.45, 7) is 3.98. The molecule has 0 aliphatic carbocycles. The standard InChI is InChI=1S/C21H19FN4O2/c1-4-25-17-12-14(22)10-11-16(17)19(20(25)27)23-18-13(2)24(3)26(21(18)28)15-8-6-5-7-9-15/h5-12H,4H2,1-3H3. The number of carbonyl (C=O) groups is 1. The molecule has 2 aromatic carbocycles. The van der Waals surface area contributed by atoms with Gasteiger partial charge in [0.15, 0.2) is 5.69 Å². The SMILES string of the molecule is CCN1C(=O)C(=Nc2c(C)n(C)n(-c3ccccc3)c2=O)c2ccc(F)cc21. The smallest absolute Gasteiger partial charge is 0.297 e. The van der Waals surface area contributed by atoms with Gasteiger partial charge in [0.2, 0.25) is 0 Å². The Bertz CT molecular complexity index is 1180. The number of halogens is 1. The highest BCUT2D eigenvalue weighted by Gasteiger charge is 2.34. The van der Waals surface area contributed by atoms with Crippen molar-refractivity contribution in [1.29, 1.82) is 0 Å². The second-order valence-corrected chi connectivity index (χ2v) is 6.58. The Hall–Kier alpha value is -3.48. The highest BCUT2D eigenvalue weighted by Crippen LogP contribution is 2.31. The second-order valence-electron chi connectivity index (χ2n) is 6.58. The number of likely N-dealkylation sites (N-methyl/N-ethyl adjacent to an activating group) is 1. The number of amides is 1. The van der Waals surface area contributed by atoms with Gasteiger partial charge in [-0.25, -0.2) is 14.1 Å². The summed E-state index contributed by atoms with van der Waals surface area (Å²) < 4.78 is 16.9. The zero-order valence-electron chi connectivity index (χ0n) is 15.8. The summed E-state index contributed by atoms with van der Waals surface area (Å²) in [6.07, 6.45) is 0. The van der Waals surface area contributed by atoms with Crippen LogP contribution in [0.2, 0.25) is 0 Å². The minimum atomic E-state index is -0.423. The molecule has 1 aliphatic heterocycles. The van der Waals surface area contributed by atoms with Gasteiger partial charge in [0.05, 0.1) is 17.1 Å². The van der Waals surface area contributed by atoms with Crippen molar-refractivity contribution in [2.24, 2.45) is 12.0 Å². The number of anilines is 1. The van der Waals surface area contributed by atoms with Crippen LogP contribution in [0.5, 0.6) is 0 Å². The number of para-hydroxylation sites is 1. The highest BCUT2D eigenvalue weighted by molar-refractivity contribution is 6.54. The number of aromatic nitrogens is 2. The van der Waals surface area contributed by atoms with E-state index in [-0.39, 0.29) is 22.9 Å². The van der Waals surface area contributed by atoms with E-state index in [2.05, 4.69) is 4.99 Å². The molecule has 6 nitrogen and oxygen atoms in total. The van der Waals surface area contributed by atoms with E-state index in [0.717, 1.165) is 0 Å². The third kappa shape index (κ3) is 2.58. The molecule has 1 aromatic heterocycles. The summed E-state index contributed by atoms with van der Waals surface area (Å²) in [4.78, 5) is 31.9. The molecular weight excluding hydrogens is 359 g/mol. The first kappa shape index (κ1) is 17.9. The van der Waals surface area contributed by atoms with E-state index in [9.17, 15) is 14.0 Å². The summed E-state index contributed by atoms with van der Waals surface area (Å²) in [5.74, 6) is -0.759. The van der Waals surface area contributed by atoms with Crippen LogP contribution in [-0.4, -0.2) is 27.5 Å². The first-order valence-electron chi connectivity index (χ1n) is 8.98. The zero-order chi connectivity index (χ0) is 20.0. The first-order chi connectivity index (χ1) is 13.4. The lowest BCUT2D eigenvalue weighted by Crippen LogP contribution is -2.29. The molecule has 0 unspecified atom stereocenters. The Kier molecular flexibility index (Phi) is 4.22. The summed E-state index contributed by atoms with van der Waals surface area (Å²) in [5, 5.41) is 0. The molecule has 4 rings (SSSR count). The molecule has 0 radical (unpaired) electrons. The number of nitrogens with zero attached hydrogens (tertiary/aromatic N) is 4. The zero-order valence-corrected chi connectivity index (χ0v) is 15.8. The Morgan fingerprint density at radius 3 is 2.46 bits per heavy atom. The Labute approximate surface area is 161 Å². The van der Waals surface area contributed by atoms with Gasteiger partial charge in [0, 0.05) is 19.2 Å². The van der Waals surface area contributed by atoms with Gasteiger partial charge in [0.1, 0.15) is 11.5 Å². The normalized spacial score (nSPS) is 14.8. The third-order valence-corrected chi connectivity index (χ3v) is 5.02. The van der Waals surface area contributed by atoms with E-state index in [0.29, 0.717) is 29.2 Å². The van der Waals surface area contributed by atoms with Gasteiger partial charge in [-0.3, -0.25) is 14.3 Å². The van der Waals surface area contributed by atoms with Crippen LogP contribution in [0.4, 0.5) is 15.8 Å². The molecule has 1 aliphatic rings. The molecule has 0 N–H and O–H groups in total. The van der Waals surface area contributed by atoms with E-state index < -0.39 is 5.82 Å². The fraction of sp³-hybridized carbons (Fsp3) is 0.190. The minimum absolute atomic E-state index is 0.155. The van der Waals surface area contributed by atoms with E-state index in [1.54, 1.807) is 18.7 Å². The van der Waals surface area contributed by atoms with Crippen molar-refractivity contribution < 1.29 is 9.18 Å². The Morgan fingerprint density at radius 1 is 1.07 bits per heavy atom. The number of carbonyl (C=O) groups excluding carboxylic acids is 1. The van der Waals surface area contributed by atoms with Crippen LogP contribution in [-0.2, 0) is 11.8 Å². The molecule has 3 aromatic rings. The largest absolute Gasteiger partial charge is 0.306 e. The number of fused-ring (bicyclic) bond motifs is 1. The lowest BCUT2D eigenvalue weighted by atomic mass is 10.1. The average molecular weight is 378 g/mol. The summed E-state index contributed by atoms with van der Waals surface area (Å²) >= 11 is 0. The average Bonchev–Trinajstić information content (AvgIpc) is 3.07. The van der Waals surface area contributed by atoms with Gasteiger partial charge < -0.3 is 4.90 Å². The first-order valence-corrected chi connectivity index (χ1v) is 8.98. The van der Waals surface area contributed by atoms with Gasteiger partial charge in [-0.05, 0) is 44.2 Å². The van der Waals surface area contributed by atoms with Crippen molar-refractivity contribution >= 4 is 23.0 Å². The molecule has 0 fully saturated rings. The summed E-state index contributed by atoms with van der Waals surface area (Å²) in [5.41, 5.74) is 2.38. The van der Waals surface area contributed by atoms with E-state index >= 15 is 0 Å². The van der Waals surface area contributed by atoms with Crippen LogP contribution < -0.4 is 10.5 Å². The maximum absolute atomic E-state index is 13.7. The number of hydrogen-bond donors (Lipinski definition) is 0. The van der Waals surface area contributed by atoms with Crippen molar-refractivity contribution in [2.75, 3.05) is 11.4 Å². The summed E-state index contributed by atoms with van der Waals surface area (Å²) in [7, 11) is 1.77. The van der Waals surface area contributed by atoms with Crippen molar-refractivity contribution in [3.63, 3.8) is 0 Å². The Balaban J connectivity index is 1.92. The Morgan fingerprint density at radius 2 is 1.79 bits per heavy atom. The van der Waals surface area contributed by atoms with Crippen molar-refractivity contribution in [3.05, 3.63) is 76.0 Å². The molecule has 0 saturated heterocycles. The van der Waals surface area contributed by atoms with Crippen LogP contribution in [0.1, 0.15) is 18.2 Å². The fourth-order valence-electron chi connectivity index (χ4n) is 3.50. The van der Waals surface area contributed by atoms with Crippen LogP contribution in [0.3, 0.4) is 0 Å². The molecule has 7 heteroatoms. The van der Waals surface area contributed by atoms with Gasteiger partial charge in [-0.1, -0.05) is 18.2 Å². The molecule has 28 heavy (non-hydrogen) atoms. The van der Waals surface area contributed by atoms with Gasteiger partial charge in [0.25, 0.3) is 11.5 Å². The topological polar surface area (TPSA) is 59.6 Å². The number of hydrogen-bond acceptors (Lipinski definition) is 3. The molecular formula is C21H19FN4O2. The van der Waals surface area contributed by atoms with Crippen LogP contribution in [0, 0.1) is 12.7 Å². The summed E-state index contributed by atoms with van der Waals surface area (Å²) in [6, 6.07) is 13.4. The quantitative estimate of drug-likeness (QED) is 0.703. The molecule has 0 bridgehead atoms. The van der Waals surface area contributed by atoms with E-state index in [1.165, 1.54) is 27.8 Å². The van der Waals surface area contributed by atoms with Crippen LogP contribution in [0.25, 0.3) is 5.69 Å². The lowest BCUT2D eigenvalue weighted by Gasteiger charge is -2.13. The van der Waals surface area contributed by atoms with Gasteiger partial charge >= 0.3 is 0 Å². The minimum Gasteiger partial charge on any atom is -0.306 e. The van der Waals surface area contributed by atoms with Gasteiger partial charge in [-0.15, -0.1) is 0 Å². The van der Waals surface area contributed by atoms with E-state index in [4.69, 9.17) is 0 Å². The maximum Gasteiger partial charge on any atom is 0.297 e. The molecule has 2 heterocycles. The molecule has 1 amide bonds. The molecule has 0 spiro atoms. The lowest BCUT2D eigenvalue weighted by molar-refractivity contribution is -0.112. The molecule has 142 valence electrons. The number of rotatable bonds is 3. The maximum atomic E-state index is 13.7. The predicted molar refractivity (Wildman–Crippen MR) is 106 cm³/mol. The number of aliphatic imine (C=N–C) groups is 1. The predicted octanol–water partition coefficient (Wildman–Crippen LogP) is 3.11. The highest BCUT2D eigenvalue weighted by atomic mass is 19.1. The van der Waals surface area contributed by atoms with Crippen molar-refractivity contribution in [3.8, 4) is 5.69 Å². The van der Waals surface area contributed by atoms with Crippen LogP contribution in [0.15, 0.2) is 58.3 Å². The van der Waals surface area contributed by atoms with Crippen molar-refractivity contribution in [2.45, 2.75) is 13.8 Å². The van der Waals surface area contributed by atoms with E-state index in [1.807, 2.05) is 37.3 Å². The van der Waals surface area contributed by atoms with Crippen molar-refractivity contribution in [1.82, 2.24) is 9.36 Å². The fourth-order valence-corrected chi connectivity index (χ4v) is 3.50. The monoisotopic (exact) mass is 378 g/mol. The molecule has 0 saturated carbocycles. The van der Waals surface area contributed by atoms with Gasteiger partial charge in [-0.2, -0.15) is 0 Å². The second kappa shape index (κ2) is 6.60. The van der Waals surface area contributed by atoms with Crippen LogP contribution >= 0.6 is 0 Å².